The van der Waals surface area contributed by atoms with E-state index in [1.54, 1.807) is 30.3 Å². The molecule has 1 amide bonds. The smallest absolute Gasteiger partial charge is 0.339 e. The van der Waals surface area contributed by atoms with Gasteiger partial charge in [-0.25, -0.2) is 4.79 Å². The minimum absolute atomic E-state index is 0.244. The van der Waals surface area contributed by atoms with Gasteiger partial charge in [0, 0.05) is 6.08 Å². The van der Waals surface area contributed by atoms with Crippen LogP contribution in [0.5, 0.6) is 0 Å². The first kappa shape index (κ1) is 21.1. The highest BCUT2D eigenvalue weighted by Crippen LogP contribution is 2.32. The Hall–Kier alpha value is -2.21. The van der Waals surface area contributed by atoms with Gasteiger partial charge in [-0.15, -0.1) is 0 Å². The lowest BCUT2D eigenvalue weighted by Crippen LogP contribution is -2.48. The predicted octanol–water partition coefficient (Wildman–Crippen LogP) is 4.41. The summed E-state index contributed by atoms with van der Waals surface area (Å²) in [4.78, 5) is 24.1. The number of nitrogens with one attached hydrogen (secondary N) is 2. The molecule has 1 atom stereocenters. The third-order valence-electron chi connectivity index (χ3n) is 3.47. The molecule has 8 heteroatoms. The minimum atomic E-state index is -1.88. The molecule has 0 fully saturated rings. The Morgan fingerprint density at radius 3 is 2.30 bits per heavy atom. The summed E-state index contributed by atoms with van der Waals surface area (Å²) >= 11 is 18.0. The Bertz CT molecular complexity index is 820. The molecule has 0 aromatic heterocycles. The molecule has 0 aliphatic rings. The van der Waals surface area contributed by atoms with E-state index in [0.717, 1.165) is 5.56 Å². The Morgan fingerprint density at radius 2 is 1.67 bits per heavy atom. The zero-order valence-corrected chi connectivity index (χ0v) is 16.6. The number of hydrogen-bond acceptors (Lipinski definition) is 4. The molecule has 0 bridgehead atoms. The second-order valence-corrected chi connectivity index (χ2v) is 7.78. The summed E-state index contributed by atoms with van der Waals surface area (Å²) in [7, 11) is 1.27. The predicted molar refractivity (Wildman–Crippen MR) is 109 cm³/mol. The average Bonchev–Trinajstić information content (AvgIpc) is 2.65. The summed E-state index contributed by atoms with van der Waals surface area (Å²) in [5.41, 5.74) is 1.45. The van der Waals surface area contributed by atoms with Crippen LogP contribution >= 0.6 is 34.8 Å². The van der Waals surface area contributed by atoms with Gasteiger partial charge in [-0.2, -0.15) is 0 Å². The number of benzene rings is 2. The molecule has 5 nitrogen and oxygen atoms in total. The van der Waals surface area contributed by atoms with Crippen molar-refractivity contribution in [3.63, 3.8) is 0 Å². The van der Waals surface area contributed by atoms with Crippen molar-refractivity contribution in [2.45, 2.75) is 9.96 Å². The number of hydrogen-bond donors (Lipinski definition) is 2. The van der Waals surface area contributed by atoms with E-state index >= 15 is 0 Å². The van der Waals surface area contributed by atoms with Crippen LogP contribution in [0, 0.1) is 0 Å². The zero-order valence-electron chi connectivity index (χ0n) is 14.3. The molecule has 142 valence electrons. The molecule has 1 unspecified atom stereocenters. The van der Waals surface area contributed by atoms with E-state index in [4.69, 9.17) is 39.5 Å². The van der Waals surface area contributed by atoms with E-state index in [9.17, 15) is 9.59 Å². The summed E-state index contributed by atoms with van der Waals surface area (Å²) in [5, 5.41) is 5.44. The number of halogens is 3. The third-order valence-corrected chi connectivity index (χ3v) is 4.13. The summed E-state index contributed by atoms with van der Waals surface area (Å²) in [6, 6.07) is 15.8. The summed E-state index contributed by atoms with van der Waals surface area (Å²) in [5.74, 6) is -1.03. The maximum Gasteiger partial charge on any atom is 0.339 e. The van der Waals surface area contributed by atoms with Gasteiger partial charge in [0.05, 0.1) is 18.4 Å². The number of carbonyl (C=O) groups is 2. The van der Waals surface area contributed by atoms with Gasteiger partial charge in [-0.3, -0.25) is 4.79 Å². The van der Waals surface area contributed by atoms with Crippen molar-refractivity contribution in [3.05, 3.63) is 71.8 Å². The van der Waals surface area contributed by atoms with Gasteiger partial charge in [-0.1, -0.05) is 77.3 Å². The van der Waals surface area contributed by atoms with Gasteiger partial charge < -0.3 is 15.4 Å². The van der Waals surface area contributed by atoms with Crippen LogP contribution in [-0.2, 0) is 9.53 Å². The Morgan fingerprint density at radius 1 is 1.04 bits per heavy atom. The number of alkyl halides is 3. The van der Waals surface area contributed by atoms with Gasteiger partial charge in [0.25, 0.3) is 0 Å². The van der Waals surface area contributed by atoms with E-state index < -0.39 is 21.8 Å². The zero-order chi connectivity index (χ0) is 19.9. The summed E-state index contributed by atoms with van der Waals surface area (Å²) < 4.78 is 2.86. The molecule has 0 aliphatic heterocycles. The van der Waals surface area contributed by atoms with Crippen molar-refractivity contribution in [1.82, 2.24) is 5.32 Å². The van der Waals surface area contributed by atoms with Crippen molar-refractivity contribution in [3.8, 4) is 0 Å². The number of ether oxygens (including phenoxy) is 1. The van der Waals surface area contributed by atoms with Gasteiger partial charge in [0.2, 0.25) is 9.70 Å². The van der Waals surface area contributed by atoms with Crippen molar-refractivity contribution >= 4 is 58.4 Å². The van der Waals surface area contributed by atoms with Gasteiger partial charge >= 0.3 is 5.97 Å². The average molecular weight is 428 g/mol. The topological polar surface area (TPSA) is 67.4 Å². The number of anilines is 1. The van der Waals surface area contributed by atoms with Crippen LogP contribution in [0.1, 0.15) is 15.9 Å². The fraction of sp³-hybridized carbons (Fsp3) is 0.158. The number of methoxy groups -OCH3 is 1. The molecular weight excluding hydrogens is 411 g/mol. The second kappa shape index (κ2) is 9.65. The minimum Gasteiger partial charge on any atom is -0.465 e. The number of para-hydroxylation sites is 1. The van der Waals surface area contributed by atoms with Crippen LogP contribution in [0.3, 0.4) is 0 Å². The lowest BCUT2D eigenvalue weighted by atomic mass is 10.1. The molecule has 2 aromatic rings. The van der Waals surface area contributed by atoms with Crippen LogP contribution < -0.4 is 10.6 Å². The third kappa shape index (κ3) is 6.47. The molecule has 0 heterocycles. The van der Waals surface area contributed by atoms with E-state index in [2.05, 4.69) is 10.6 Å². The molecule has 2 rings (SSSR count). The van der Waals surface area contributed by atoms with Gasteiger partial charge in [-0.05, 0) is 23.8 Å². The Balaban J connectivity index is 2.16. The normalized spacial score (nSPS) is 12.4. The summed E-state index contributed by atoms with van der Waals surface area (Å²) in [6.45, 7) is 0. The molecule has 27 heavy (non-hydrogen) atoms. The number of amides is 1. The number of esters is 1. The van der Waals surface area contributed by atoms with Gasteiger partial charge in [0.1, 0.15) is 6.17 Å². The Labute approximate surface area is 172 Å². The maximum atomic E-state index is 12.2. The van der Waals surface area contributed by atoms with Crippen LogP contribution in [0.25, 0.3) is 6.08 Å². The second-order valence-electron chi connectivity index (χ2n) is 5.41. The molecule has 0 saturated heterocycles. The highest BCUT2D eigenvalue weighted by atomic mass is 35.6. The first-order valence-electron chi connectivity index (χ1n) is 7.85. The van der Waals surface area contributed by atoms with E-state index in [0.29, 0.717) is 5.69 Å². The van der Waals surface area contributed by atoms with Crippen LogP contribution in [0.2, 0.25) is 0 Å². The SMILES string of the molecule is COC(=O)c1ccccc1NC(NC(=O)C=Cc1ccccc1)C(Cl)(Cl)Cl. The highest BCUT2D eigenvalue weighted by Gasteiger charge is 2.34. The molecule has 0 saturated carbocycles. The van der Waals surface area contributed by atoms with Gasteiger partial charge in [0.15, 0.2) is 0 Å². The Kier molecular flexibility index (Phi) is 7.54. The lowest BCUT2D eigenvalue weighted by Gasteiger charge is -2.27. The van der Waals surface area contributed by atoms with Crippen molar-refractivity contribution in [2.75, 3.05) is 12.4 Å². The van der Waals surface area contributed by atoms with Crippen LogP contribution in [-0.4, -0.2) is 28.9 Å². The van der Waals surface area contributed by atoms with E-state index in [1.165, 1.54) is 13.2 Å². The van der Waals surface area contributed by atoms with Crippen molar-refractivity contribution in [2.24, 2.45) is 0 Å². The fourth-order valence-corrected chi connectivity index (χ4v) is 2.51. The number of carbonyl (C=O) groups excluding carboxylic acids is 2. The van der Waals surface area contributed by atoms with Crippen molar-refractivity contribution in [1.29, 1.82) is 0 Å². The standard InChI is InChI=1S/C19H17Cl3N2O3/c1-27-17(26)14-9-5-6-10-15(14)23-18(19(20,21)22)24-16(25)12-11-13-7-3-2-4-8-13/h2-12,18,23H,1H3,(H,24,25). The quantitative estimate of drug-likeness (QED) is 0.310. The molecular formula is C19H17Cl3N2O3. The van der Waals surface area contributed by atoms with E-state index in [-0.39, 0.29) is 5.56 Å². The first-order valence-corrected chi connectivity index (χ1v) is 8.99. The highest BCUT2D eigenvalue weighted by molar-refractivity contribution is 6.68. The molecule has 0 radical (unpaired) electrons. The molecule has 2 N–H and O–H groups in total. The van der Waals surface area contributed by atoms with E-state index in [1.807, 2.05) is 30.3 Å². The lowest BCUT2D eigenvalue weighted by molar-refractivity contribution is -0.116. The monoisotopic (exact) mass is 426 g/mol. The first-order chi connectivity index (χ1) is 12.8. The van der Waals surface area contributed by atoms with Crippen molar-refractivity contribution < 1.29 is 14.3 Å². The number of rotatable bonds is 6. The molecule has 2 aromatic carbocycles. The van der Waals surface area contributed by atoms with Crippen LogP contribution in [0.15, 0.2) is 60.7 Å². The van der Waals surface area contributed by atoms with Crippen LogP contribution in [0.4, 0.5) is 5.69 Å². The molecule has 0 aliphatic carbocycles. The molecule has 0 spiro atoms. The largest absolute Gasteiger partial charge is 0.465 e. The summed E-state index contributed by atoms with van der Waals surface area (Å²) in [6.07, 6.45) is 1.86. The fourth-order valence-electron chi connectivity index (χ4n) is 2.18. The maximum absolute atomic E-state index is 12.2.